The van der Waals surface area contributed by atoms with Crippen molar-refractivity contribution in [1.82, 2.24) is 9.97 Å². The van der Waals surface area contributed by atoms with E-state index in [4.69, 9.17) is 5.26 Å². The molecule has 0 aliphatic heterocycles. The van der Waals surface area contributed by atoms with Gasteiger partial charge in [0.25, 0.3) is 0 Å². The number of halogens is 3. The second kappa shape index (κ2) is 7.86. The Morgan fingerprint density at radius 3 is 2.46 bits per heavy atom. The lowest BCUT2D eigenvalue weighted by molar-refractivity contribution is -0.145. The SMILES string of the molecule is C[C@@H](Sc1nc(C(F)(F)F)nc2ccccc12)C(=O)Nc1ccc(C#N)cc1. The first kappa shape index (κ1) is 19.6. The lowest BCUT2D eigenvalue weighted by Gasteiger charge is -2.14. The predicted molar refractivity (Wildman–Crippen MR) is 99.6 cm³/mol. The molecule has 0 radical (unpaired) electrons. The van der Waals surface area contributed by atoms with Crippen LogP contribution in [0.15, 0.2) is 53.6 Å². The van der Waals surface area contributed by atoms with Gasteiger partial charge in [-0.25, -0.2) is 9.97 Å². The largest absolute Gasteiger partial charge is 0.451 e. The molecule has 1 N–H and O–H groups in total. The van der Waals surface area contributed by atoms with E-state index in [9.17, 15) is 18.0 Å². The van der Waals surface area contributed by atoms with Gasteiger partial charge in [-0.15, -0.1) is 0 Å². The van der Waals surface area contributed by atoms with E-state index in [1.165, 1.54) is 6.07 Å². The first-order chi connectivity index (χ1) is 13.3. The molecular formula is C19H13F3N4OS. The van der Waals surface area contributed by atoms with Crippen molar-refractivity contribution in [2.45, 2.75) is 23.4 Å². The van der Waals surface area contributed by atoms with Crippen LogP contribution in [0.5, 0.6) is 0 Å². The molecule has 142 valence electrons. The van der Waals surface area contributed by atoms with E-state index < -0.39 is 23.2 Å². The van der Waals surface area contributed by atoms with Gasteiger partial charge in [0.15, 0.2) is 0 Å². The van der Waals surface area contributed by atoms with E-state index in [0.717, 1.165) is 11.8 Å². The van der Waals surface area contributed by atoms with Crippen molar-refractivity contribution in [1.29, 1.82) is 5.26 Å². The second-order valence-electron chi connectivity index (χ2n) is 5.81. The fourth-order valence-corrected chi connectivity index (χ4v) is 3.30. The number of hydrogen-bond acceptors (Lipinski definition) is 5. The number of alkyl halides is 3. The van der Waals surface area contributed by atoms with Crippen LogP contribution in [0.2, 0.25) is 0 Å². The Morgan fingerprint density at radius 1 is 1.14 bits per heavy atom. The quantitative estimate of drug-likeness (QED) is 0.508. The Hall–Kier alpha value is -3.12. The monoisotopic (exact) mass is 402 g/mol. The van der Waals surface area contributed by atoms with Gasteiger partial charge in [0.1, 0.15) is 5.03 Å². The van der Waals surface area contributed by atoms with Crippen LogP contribution in [0.3, 0.4) is 0 Å². The first-order valence-electron chi connectivity index (χ1n) is 8.09. The molecule has 1 atom stereocenters. The minimum atomic E-state index is -4.69. The number of carbonyl (C=O) groups excluding carboxylic acids is 1. The zero-order valence-electron chi connectivity index (χ0n) is 14.5. The third-order valence-corrected chi connectivity index (χ3v) is 4.86. The summed E-state index contributed by atoms with van der Waals surface area (Å²) in [6, 6.07) is 14.6. The van der Waals surface area contributed by atoms with Crippen LogP contribution in [0.1, 0.15) is 18.3 Å². The van der Waals surface area contributed by atoms with Crippen LogP contribution >= 0.6 is 11.8 Å². The summed E-state index contributed by atoms with van der Waals surface area (Å²) in [5.74, 6) is -1.64. The Kier molecular flexibility index (Phi) is 5.51. The molecule has 3 rings (SSSR count). The zero-order chi connectivity index (χ0) is 20.3. The summed E-state index contributed by atoms with van der Waals surface area (Å²) in [5.41, 5.74) is 1.10. The van der Waals surface area contributed by atoms with Crippen LogP contribution in [-0.2, 0) is 11.0 Å². The van der Waals surface area contributed by atoms with Crippen molar-refractivity contribution in [3.05, 3.63) is 59.9 Å². The van der Waals surface area contributed by atoms with Crippen molar-refractivity contribution in [2.24, 2.45) is 0 Å². The van der Waals surface area contributed by atoms with Gasteiger partial charge in [0.2, 0.25) is 11.7 Å². The summed E-state index contributed by atoms with van der Waals surface area (Å²) >= 11 is 0.923. The van der Waals surface area contributed by atoms with E-state index in [1.54, 1.807) is 49.4 Å². The number of hydrogen-bond donors (Lipinski definition) is 1. The maximum Gasteiger partial charge on any atom is 0.451 e. The van der Waals surface area contributed by atoms with Crippen molar-refractivity contribution < 1.29 is 18.0 Å². The molecule has 0 aliphatic carbocycles. The lowest BCUT2D eigenvalue weighted by Crippen LogP contribution is -2.22. The van der Waals surface area contributed by atoms with Gasteiger partial charge in [-0.1, -0.05) is 30.0 Å². The molecular weight excluding hydrogens is 389 g/mol. The van der Waals surface area contributed by atoms with Crippen LogP contribution in [0, 0.1) is 11.3 Å². The van der Waals surface area contributed by atoms with Gasteiger partial charge in [-0.05, 0) is 37.3 Å². The maximum absolute atomic E-state index is 13.1. The fourth-order valence-electron chi connectivity index (χ4n) is 2.36. The Balaban J connectivity index is 1.84. The van der Waals surface area contributed by atoms with E-state index in [0.29, 0.717) is 16.6 Å². The van der Waals surface area contributed by atoms with Crippen LogP contribution in [0.25, 0.3) is 10.9 Å². The zero-order valence-corrected chi connectivity index (χ0v) is 15.3. The Labute approximate surface area is 162 Å². The molecule has 1 aromatic heterocycles. The molecule has 2 aromatic carbocycles. The number of aromatic nitrogens is 2. The summed E-state index contributed by atoms with van der Waals surface area (Å²) in [5, 5.41) is 11.3. The molecule has 0 aliphatic rings. The van der Waals surface area contributed by atoms with Gasteiger partial charge < -0.3 is 5.32 Å². The number of anilines is 1. The number of amides is 1. The van der Waals surface area contributed by atoms with E-state index in [1.807, 2.05) is 6.07 Å². The van der Waals surface area contributed by atoms with Gasteiger partial charge >= 0.3 is 6.18 Å². The smallest absolute Gasteiger partial charge is 0.325 e. The summed E-state index contributed by atoms with van der Waals surface area (Å²) in [6.45, 7) is 1.58. The number of benzene rings is 2. The van der Waals surface area contributed by atoms with E-state index >= 15 is 0 Å². The summed E-state index contributed by atoms with van der Waals surface area (Å²) in [7, 11) is 0. The summed E-state index contributed by atoms with van der Waals surface area (Å²) in [4.78, 5) is 19.6. The van der Waals surface area contributed by atoms with Crippen LogP contribution in [-0.4, -0.2) is 21.1 Å². The van der Waals surface area contributed by atoms with Gasteiger partial charge in [0, 0.05) is 11.1 Å². The Morgan fingerprint density at radius 2 is 1.82 bits per heavy atom. The number of rotatable bonds is 4. The molecule has 9 heteroatoms. The number of nitriles is 1. The maximum atomic E-state index is 13.1. The number of nitrogens with one attached hydrogen (secondary N) is 1. The topological polar surface area (TPSA) is 78.7 Å². The predicted octanol–water partition coefficient (Wildman–Crippen LogP) is 4.64. The number of carbonyl (C=O) groups is 1. The minimum absolute atomic E-state index is 0.0837. The molecule has 1 amide bonds. The van der Waals surface area contributed by atoms with Crippen molar-refractivity contribution in [3.63, 3.8) is 0 Å². The van der Waals surface area contributed by atoms with E-state index in [2.05, 4.69) is 15.3 Å². The van der Waals surface area contributed by atoms with Crippen molar-refractivity contribution in [3.8, 4) is 6.07 Å². The molecule has 0 saturated carbocycles. The number of nitrogens with zero attached hydrogens (tertiary/aromatic N) is 3. The highest BCUT2D eigenvalue weighted by Gasteiger charge is 2.35. The van der Waals surface area contributed by atoms with Crippen LogP contribution in [0.4, 0.5) is 18.9 Å². The minimum Gasteiger partial charge on any atom is -0.325 e. The van der Waals surface area contributed by atoms with E-state index in [-0.39, 0.29) is 10.5 Å². The van der Waals surface area contributed by atoms with Crippen molar-refractivity contribution >= 4 is 34.3 Å². The average molecular weight is 402 g/mol. The summed E-state index contributed by atoms with van der Waals surface area (Å²) < 4.78 is 39.3. The van der Waals surface area contributed by atoms with Crippen LogP contribution < -0.4 is 5.32 Å². The molecule has 0 saturated heterocycles. The number of fused-ring (bicyclic) bond motifs is 1. The summed E-state index contributed by atoms with van der Waals surface area (Å²) in [6.07, 6.45) is -4.69. The average Bonchev–Trinajstić information content (AvgIpc) is 2.67. The molecule has 3 aromatic rings. The second-order valence-corrected chi connectivity index (χ2v) is 7.14. The molecule has 0 bridgehead atoms. The fraction of sp³-hybridized carbons (Fsp3) is 0.158. The lowest BCUT2D eigenvalue weighted by atomic mass is 10.2. The molecule has 5 nitrogen and oxygen atoms in total. The normalized spacial score (nSPS) is 12.4. The van der Waals surface area contributed by atoms with Gasteiger partial charge in [-0.2, -0.15) is 18.4 Å². The standard InChI is InChI=1S/C19H13F3N4OS/c1-11(16(27)24-13-8-6-12(10-23)7-9-13)28-17-14-4-2-3-5-15(14)25-18(26-17)19(20,21)22/h2-9,11H,1H3,(H,24,27)/t11-/m1/s1. The molecule has 28 heavy (non-hydrogen) atoms. The molecule has 1 heterocycles. The number of thioether (sulfide) groups is 1. The highest BCUT2D eigenvalue weighted by Crippen LogP contribution is 2.33. The first-order valence-corrected chi connectivity index (χ1v) is 8.97. The highest BCUT2D eigenvalue weighted by molar-refractivity contribution is 8.00. The third kappa shape index (κ3) is 4.40. The molecule has 0 unspecified atom stereocenters. The third-order valence-electron chi connectivity index (χ3n) is 3.76. The Bertz CT molecular complexity index is 1060. The highest BCUT2D eigenvalue weighted by atomic mass is 32.2. The molecule has 0 fully saturated rings. The van der Waals surface area contributed by atoms with Crippen molar-refractivity contribution in [2.75, 3.05) is 5.32 Å². The van der Waals surface area contributed by atoms with Gasteiger partial charge in [0.05, 0.1) is 22.4 Å². The molecule has 0 spiro atoms. The van der Waals surface area contributed by atoms with Gasteiger partial charge in [-0.3, -0.25) is 4.79 Å². The number of para-hydroxylation sites is 1.